The van der Waals surface area contributed by atoms with Gasteiger partial charge in [0.15, 0.2) is 0 Å². The summed E-state index contributed by atoms with van der Waals surface area (Å²) in [6, 6.07) is 10.5. The fraction of sp³-hybridized carbons (Fsp3) is 0.267. The summed E-state index contributed by atoms with van der Waals surface area (Å²) in [6.07, 6.45) is 1.75. The maximum absolute atomic E-state index is 5.94. The van der Waals surface area contributed by atoms with Crippen LogP contribution in [-0.2, 0) is 0 Å². The molecule has 0 aliphatic rings. The van der Waals surface area contributed by atoms with Crippen molar-refractivity contribution in [2.45, 2.75) is 26.7 Å². The van der Waals surface area contributed by atoms with Crippen LogP contribution in [0, 0.1) is 6.92 Å². The maximum Gasteiger partial charge on any atom is 0.131 e. The van der Waals surface area contributed by atoms with Crippen LogP contribution < -0.4 is 5.73 Å². The Morgan fingerprint density at radius 2 is 1.71 bits per heavy atom. The number of anilines is 1. The summed E-state index contributed by atoms with van der Waals surface area (Å²) in [7, 11) is 0. The topological polar surface area (TPSA) is 38.9 Å². The average molecular weight is 226 g/mol. The number of nitrogens with two attached hydrogens (primary N) is 1. The van der Waals surface area contributed by atoms with E-state index in [1.54, 1.807) is 6.20 Å². The smallest absolute Gasteiger partial charge is 0.131 e. The van der Waals surface area contributed by atoms with Crippen LogP contribution in [0.5, 0.6) is 0 Å². The zero-order valence-electron chi connectivity index (χ0n) is 10.6. The van der Waals surface area contributed by atoms with E-state index < -0.39 is 0 Å². The number of rotatable bonds is 2. The number of nitrogen functional groups attached to an aromatic ring is 1. The third-order valence-corrected chi connectivity index (χ3v) is 3.05. The van der Waals surface area contributed by atoms with Gasteiger partial charge in [0.25, 0.3) is 0 Å². The fourth-order valence-corrected chi connectivity index (χ4v) is 1.99. The molecule has 0 unspecified atom stereocenters. The van der Waals surface area contributed by atoms with Crippen molar-refractivity contribution in [2.24, 2.45) is 0 Å². The summed E-state index contributed by atoms with van der Waals surface area (Å²) in [4.78, 5) is 4.15. The fourth-order valence-electron chi connectivity index (χ4n) is 1.99. The molecule has 0 radical (unpaired) electrons. The molecular formula is C15H18N2. The third kappa shape index (κ3) is 2.31. The Balaban J connectivity index is 2.47. The van der Waals surface area contributed by atoms with Gasteiger partial charge in [0.2, 0.25) is 0 Å². The van der Waals surface area contributed by atoms with E-state index in [0.717, 1.165) is 16.7 Å². The van der Waals surface area contributed by atoms with E-state index in [4.69, 9.17) is 5.73 Å². The summed E-state index contributed by atoms with van der Waals surface area (Å²) in [5.74, 6) is 1.15. The molecule has 0 saturated carbocycles. The van der Waals surface area contributed by atoms with Gasteiger partial charge >= 0.3 is 0 Å². The van der Waals surface area contributed by atoms with Crippen LogP contribution >= 0.6 is 0 Å². The highest BCUT2D eigenvalue weighted by molar-refractivity contribution is 5.76. The maximum atomic E-state index is 5.94. The van der Waals surface area contributed by atoms with Gasteiger partial charge in [-0.3, -0.25) is 0 Å². The minimum absolute atomic E-state index is 0.552. The lowest BCUT2D eigenvalue weighted by molar-refractivity contribution is 0.867. The lowest BCUT2D eigenvalue weighted by Gasteiger charge is -2.10. The van der Waals surface area contributed by atoms with E-state index in [-0.39, 0.29) is 0 Å². The van der Waals surface area contributed by atoms with Gasteiger partial charge in [-0.2, -0.15) is 0 Å². The summed E-state index contributed by atoms with van der Waals surface area (Å²) < 4.78 is 0. The van der Waals surface area contributed by atoms with Crippen molar-refractivity contribution >= 4 is 5.82 Å². The Morgan fingerprint density at radius 3 is 2.24 bits per heavy atom. The second kappa shape index (κ2) is 4.58. The average Bonchev–Trinajstić information content (AvgIpc) is 2.29. The van der Waals surface area contributed by atoms with E-state index in [2.05, 4.69) is 50.0 Å². The first kappa shape index (κ1) is 11.6. The second-order valence-electron chi connectivity index (χ2n) is 4.66. The molecule has 0 bridgehead atoms. The molecule has 2 aromatic rings. The van der Waals surface area contributed by atoms with Crippen LogP contribution in [-0.4, -0.2) is 4.98 Å². The number of aryl methyl sites for hydroxylation is 1. The summed E-state index contributed by atoms with van der Waals surface area (Å²) in [6.45, 7) is 6.45. The van der Waals surface area contributed by atoms with Gasteiger partial charge in [-0.15, -0.1) is 0 Å². The molecule has 2 rings (SSSR count). The van der Waals surface area contributed by atoms with Crippen molar-refractivity contribution in [3.63, 3.8) is 0 Å². The van der Waals surface area contributed by atoms with Crippen LogP contribution in [0.25, 0.3) is 11.1 Å². The van der Waals surface area contributed by atoms with Gasteiger partial charge in [-0.1, -0.05) is 38.1 Å². The highest BCUT2D eigenvalue weighted by Gasteiger charge is 2.07. The molecule has 2 N–H and O–H groups in total. The highest BCUT2D eigenvalue weighted by atomic mass is 14.8. The Hall–Kier alpha value is -1.83. The van der Waals surface area contributed by atoms with E-state index in [1.807, 2.05) is 6.07 Å². The molecule has 17 heavy (non-hydrogen) atoms. The van der Waals surface area contributed by atoms with Crippen molar-refractivity contribution in [3.8, 4) is 11.1 Å². The molecule has 0 fully saturated rings. The first-order valence-corrected chi connectivity index (χ1v) is 5.91. The zero-order valence-corrected chi connectivity index (χ0v) is 10.6. The predicted molar refractivity (Wildman–Crippen MR) is 72.9 cm³/mol. The first-order valence-electron chi connectivity index (χ1n) is 5.91. The molecule has 0 spiro atoms. The van der Waals surface area contributed by atoms with Crippen molar-refractivity contribution in [1.82, 2.24) is 4.98 Å². The number of aromatic nitrogens is 1. The molecule has 0 amide bonds. The van der Waals surface area contributed by atoms with Crippen LogP contribution in [0.2, 0.25) is 0 Å². The molecule has 88 valence electrons. The Labute approximate surface area is 103 Å². The molecule has 2 nitrogen and oxygen atoms in total. The SMILES string of the molecule is Cc1ccnc(N)c1-c1ccc(C(C)C)cc1. The highest BCUT2D eigenvalue weighted by Crippen LogP contribution is 2.28. The minimum Gasteiger partial charge on any atom is -0.383 e. The summed E-state index contributed by atoms with van der Waals surface area (Å²) in [5, 5.41) is 0. The quantitative estimate of drug-likeness (QED) is 0.846. The molecule has 0 aliphatic carbocycles. The van der Waals surface area contributed by atoms with E-state index in [0.29, 0.717) is 11.7 Å². The monoisotopic (exact) mass is 226 g/mol. The van der Waals surface area contributed by atoms with Crippen molar-refractivity contribution in [1.29, 1.82) is 0 Å². The summed E-state index contributed by atoms with van der Waals surface area (Å²) >= 11 is 0. The molecule has 1 heterocycles. The van der Waals surface area contributed by atoms with Crippen LogP contribution in [0.1, 0.15) is 30.9 Å². The van der Waals surface area contributed by atoms with Gasteiger partial charge in [0.1, 0.15) is 5.82 Å². The molecule has 0 atom stereocenters. The van der Waals surface area contributed by atoms with Crippen LogP contribution in [0.15, 0.2) is 36.5 Å². The molecule has 2 heteroatoms. The summed E-state index contributed by atoms with van der Waals surface area (Å²) in [5.41, 5.74) is 10.6. The lowest BCUT2D eigenvalue weighted by Crippen LogP contribution is -1.96. The van der Waals surface area contributed by atoms with Crippen LogP contribution in [0.4, 0.5) is 5.82 Å². The van der Waals surface area contributed by atoms with E-state index in [9.17, 15) is 0 Å². The number of hydrogen-bond donors (Lipinski definition) is 1. The molecule has 1 aromatic heterocycles. The molecular weight excluding hydrogens is 208 g/mol. The first-order chi connectivity index (χ1) is 8.09. The molecule has 1 aromatic carbocycles. The van der Waals surface area contributed by atoms with E-state index >= 15 is 0 Å². The molecule has 0 saturated heterocycles. The largest absolute Gasteiger partial charge is 0.383 e. The van der Waals surface area contributed by atoms with E-state index in [1.165, 1.54) is 5.56 Å². The van der Waals surface area contributed by atoms with Gasteiger partial charge in [0, 0.05) is 11.8 Å². The lowest BCUT2D eigenvalue weighted by atomic mass is 9.97. The van der Waals surface area contributed by atoms with Gasteiger partial charge in [-0.25, -0.2) is 4.98 Å². The number of pyridine rings is 1. The Morgan fingerprint density at radius 1 is 1.06 bits per heavy atom. The van der Waals surface area contributed by atoms with Gasteiger partial charge < -0.3 is 5.73 Å². The van der Waals surface area contributed by atoms with Crippen molar-refractivity contribution < 1.29 is 0 Å². The second-order valence-corrected chi connectivity index (χ2v) is 4.66. The number of nitrogens with zero attached hydrogens (tertiary/aromatic N) is 1. The minimum atomic E-state index is 0.552. The zero-order chi connectivity index (χ0) is 12.4. The normalized spacial score (nSPS) is 10.8. The number of benzene rings is 1. The van der Waals surface area contributed by atoms with Gasteiger partial charge in [0.05, 0.1) is 0 Å². The third-order valence-electron chi connectivity index (χ3n) is 3.05. The van der Waals surface area contributed by atoms with Crippen molar-refractivity contribution in [2.75, 3.05) is 5.73 Å². The van der Waals surface area contributed by atoms with Crippen LogP contribution in [0.3, 0.4) is 0 Å². The predicted octanol–water partition coefficient (Wildman–Crippen LogP) is 3.76. The Kier molecular flexibility index (Phi) is 3.14. The van der Waals surface area contributed by atoms with Crippen molar-refractivity contribution in [3.05, 3.63) is 47.7 Å². The number of hydrogen-bond acceptors (Lipinski definition) is 2. The standard InChI is InChI=1S/C15H18N2/c1-10(2)12-4-6-13(7-5-12)14-11(3)8-9-17-15(14)16/h4-10H,1-3H3,(H2,16,17). The Bertz CT molecular complexity index is 493. The van der Waals surface area contributed by atoms with Gasteiger partial charge in [-0.05, 0) is 35.6 Å². The molecule has 0 aliphatic heterocycles.